The normalized spacial score (nSPS) is 43.0. The number of hydrogen-bond acceptors (Lipinski definition) is 7. The van der Waals surface area contributed by atoms with Crippen molar-refractivity contribution in [2.45, 2.75) is 84.7 Å². The Morgan fingerprint density at radius 2 is 1.69 bits per heavy atom. The van der Waals surface area contributed by atoms with E-state index in [4.69, 9.17) is 9.47 Å². The van der Waals surface area contributed by atoms with Crippen LogP contribution in [0.2, 0.25) is 0 Å². The predicted molar refractivity (Wildman–Crippen MR) is 113 cm³/mol. The first-order valence-electron chi connectivity index (χ1n) is 11.9. The molecule has 4 aliphatic carbocycles. The van der Waals surface area contributed by atoms with Crippen LogP contribution in [-0.4, -0.2) is 41.5 Å². The number of esters is 2. The molecule has 0 heterocycles. The summed E-state index contributed by atoms with van der Waals surface area (Å²) in [7, 11) is 0. The zero-order valence-corrected chi connectivity index (χ0v) is 19.5. The van der Waals surface area contributed by atoms with E-state index in [2.05, 4.69) is 6.92 Å². The van der Waals surface area contributed by atoms with Crippen molar-refractivity contribution in [3.8, 4) is 0 Å². The topological polar surface area (TPSA) is 104 Å². The maximum atomic E-state index is 13.5. The molecule has 4 fully saturated rings. The van der Waals surface area contributed by atoms with Gasteiger partial charge in [-0.15, -0.1) is 0 Å². The Hall–Kier alpha value is -2.05. The maximum Gasteiger partial charge on any atom is 0.303 e. The molecule has 0 aromatic heterocycles. The van der Waals surface area contributed by atoms with Gasteiger partial charge in [0, 0.05) is 38.0 Å². The lowest BCUT2D eigenvalue weighted by atomic mass is 9.44. The van der Waals surface area contributed by atoms with Crippen LogP contribution in [0, 0.1) is 34.5 Å². The molecule has 4 rings (SSSR count). The second-order valence-corrected chi connectivity index (χ2v) is 11.0. The molecule has 0 aromatic carbocycles. The quantitative estimate of drug-likeness (QED) is 0.611. The molecule has 176 valence electrons. The fourth-order valence-corrected chi connectivity index (χ4v) is 7.66. The van der Waals surface area contributed by atoms with Gasteiger partial charge in [-0.2, -0.15) is 0 Å². The Bertz CT molecular complexity index is 878. The standard InChI is InChI=1S/C25H34O7/c1-14(26)31-13-21(30)25(32-15(2)27)10-9-23(3)16(12-25)11-19(28)22-17-5-6-20(29)24(17,4)8-7-18(22)23/h16-18,22H,5-13H2,1-4H3/t16-,17-,18+,22+,23-,24-,25-/m0/s1. The number of rotatable bonds is 4. The highest BCUT2D eigenvalue weighted by Crippen LogP contribution is 2.65. The monoisotopic (exact) mass is 446 g/mol. The molecule has 7 heteroatoms. The lowest BCUT2D eigenvalue weighted by Crippen LogP contribution is -2.61. The van der Waals surface area contributed by atoms with Gasteiger partial charge < -0.3 is 9.47 Å². The van der Waals surface area contributed by atoms with E-state index >= 15 is 0 Å². The number of carbonyl (C=O) groups is 5. The zero-order valence-electron chi connectivity index (χ0n) is 19.5. The largest absolute Gasteiger partial charge is 0.458 e. The first kappa shape index (κ1) is 23.1. The Labute approximate surface area is 189 Å². The molecule has 32 heavy (non-hydrogen) atoms. The Morgan fingerprint density at radius 3 is 2.34 bits per heavy atom. The Kier molecular flexibility index (Phi) is 5.61. The van der Waals surface area contributed by atoms with E-state index in [-0.39, 0.29) is 46.7 Å². The lowest BCUT2D eigenvalue weighted by molar-refractivity contribution is -0.190. The number of ether oxygens (including phenoxy) is 2. The summed E-state index contributed by atoms with van der Waals surface area (Å²) in [5.41, 5.74) is -1.89. The van der Waals surface area contributed by atoms with Crippen LogP contribution >= 0.6 is 0 Å². The van der Waals surface area contributed by atoms with Gasteiger partial charge in [0.25, 0.3) is 0 Å². The van der Waals surface area contributed by atoms with Gasteiger partial charge in [-0.05, 0) is 61.7 Å². The van der Waals surface area contributed by atoms with Crippen molar-refractivity contribution < 1.29 is 33.4 Å². The van der Waals surface area contributed by atoms with Crippen LogP contribution < -0.4 is 0 Å². The summed E-state index contributed by atoms with van der Waals surface area (Å²) >= 11 is 0. The Balaban J connectivity index is 1.62. The van der Waals surface area contributed by atoms with Crippen molar-refractivity contribution in [3.63, 3.8) is 0 Å². The summed E-state index contributed by atoms with van der Waals surface area (Å²) in [6, 6.07) is 0. The fourth-order valence-electron chi connectivity index (χ4n) is 7.66. The minimum absolute atomic E-state index is 0.0907. The zero-order chi connectivity index (χ0) is 23.5. The summed E-state index contributed by atoms with van der Waals surface area (Å²) in [6.45, 7) is 6.33. The molecule has 7 nitrogen and oxygen atoms in total. The maximum absolute atomic E-state index is 13.5. The van der Waals surface area contributed by atoms with Crippen LogP contribution in [0.4, 0.5) is 0 Å². The molecule has 7 atom stereocenters. The summed E-state index contributed by atoms with van der Waals surface area (Å²) in [4.78, 5) is 62.3. The number of carbonyl (C=O) groups excluding carboxylic acids is 5. The van der Waals surface area contributed by atoms with Crippen LogP contribution in [0.25, 0.3) is 0 Å². The number of Topliss-reactive ketones (excluding diaryl/α,β-unsaturated/α-hetero) is 3. The van der Waals surface area contributed by atoms with Crippen molar-refractivity contribution in [1.29, 1.82) is 0 Å². The van der Waals surface area contributed by atoms with Crippen LogP contribution in [0.1, 0.15) is 79.1 Å². The smallest absolute Gasteiger partial charge is 0.303 e. The second-order valence-electron chi connectivity index (χ2n) is 11.0. The van der Waals surface area contributed by atoms with Gasteiger partial charge in [0.1, 0.15) is 11.6 Å². The van der Waals surface area contributed by atoms with Crippen LogP contribution in [0.3, 0.4) is 0 Å². The average Bonchev–Trinajstić information content (AvgIpc) is 3.01. The molecule has 0 saturated heterocycles. The molecule has 4 aliphatic rings. The first-order valence-corrected chi connectivity index (χ1v) is 11.9. The van der Waals surface area contributed by atoms with E-state index in [1.165, 1.54) is 13.8 Å². The van der Waals surface area contributed by atoms with E-state index in [0.717, 1.165) is 19.3 Å². The van der Waals surface area contributed by atoms with Gasteiger partial charge in [-0.1, -0.05) is 13.8 Å². The van der Waals surface area contributed by atoms with Gasteiger partial charge in [0.05, 0.1) is 0 Å². The third kappa shape index (κ3) is 3.43. The van der Waals surface area contributed by atoms with Crippen molar-refractivity contribution in [2.24, 2.45) is 34.5 Å². The highest BCUT2D eigenvalue weighted by atomic mass is 16.6. The number of ketones is 3. The molecule has 0 bridgehead atoms. The second kappa shape index (κ2) is 7.77. The molecule has 0 unspecified atom stereocenters. The number of fused-ring (bicyclic) bond motifs is 5. The molecule has 0 radical (unpaired) electrons. The molecule has 0 aromatic rings. The van der Waals surface area contributed by atoms with Crippen LogP contribution in [0.5, 0.6) is 0 Å². The highest BCUT2D eigenvalue weighted by Gasteiger charge is 2.65. The molecule has 0 N–H and O–H groups in total. The number of hydrogen-bond donors (Lipinski definition) is 0. The fraction of sp³-hybridized carbons (Fsp3) is 0.800. The van der Waals surface area contributed by atoms with Crippen LogP contribution in [-0.2, 0) is 33.4 Å². The van der Waals surface area contributed by atoms with E-state index < -0.39 is 29.9 Å². The minimum Gasteiger partial charge on any atom is -0.458 e. The van der Waals surface area contributed by atoms with Gasteiger partial charge in [0.15, 0.2) is 12.2 Å². The van der Waals surface area contributed by atoms with E-state index in [0.29, 0.717) is 31.5 Å². The van der Waals surface area contributed by atoms with Crippen molar-refractivity contribution >= 4 is 29.3 Å². The molecular formula is C25H34O7. The van der Waals surface area contributed by atoms with Crippen molar-refractivity contribution in [3.05, 3.63) is 0 Å². The first-order chi connectivity index (χ1) is 14.9. The summed E-state index contributed by atoms with van der Waals surface area (Å²) < 4.78 is 10.5. The molecule has 0 amide bonds. The summed E-state index contributed by atoms with van der Waals surface area (Å²) in [6.07, 6.45) is 4.64. The van der Waals surface area contributed by atoms with Crippen molar-refractivity contribution in [1.82, 2.24) is 0 Å². The van der Waals surface area contributed by atoms with Gasteiger partial charge in [0.2, 0.25) is 5.78 Å². The van der Waals surface area contributed by atoms with Crippen LogP contribution in [0.15, 0.2) is 0 Å². The van der Waals surface area contributed by atoms with Gasteiger partial charge in [-0.3, -0.25) is 24.0 Å². The van der Waals surface area contributed by atoms with Crippen molar-refractivity contribution in [2.75, 3.05) is 6.61 Å². The van der Waals surface area contributed by atoms with E-state index in [1.54, 1.807) is 0 Å². The molecular weight excluding hydrogens is 412 g/mol. The summed E-state index contributed by atoms with van der Waals surface area (Å²) in [5, 5.41) is 0. The van der Waals surface area contributed by atoms with E-state index in [1.807, 2.05) is 6.92 Å². The third-order valence-electron chi connectivity index (χ3n) is 9.48. The molecule has 0 spiro atoms. The van der Waals surface area contributed by atoms with Gasteiger partial charge >= 0.3 is 11.9 Å². The summed E-state index contributed by atoms with van der Waals surface area (Å²) in [5.74, 6) is -0.944. The SMILES string of the molecule is CC(=O)OCC(=O)[C@]1(OC(C)=O)CC[C@@]2(C)[C@@H](CC(=O)[C@H]3[C@H]2CC[C@]2(C)C(=O)CC[C@@H]32)C1. The minimum atomic E-state index is -1.36. The predicted octanol–water partition coefficient (Wildman–Crippen LogP) is 3.21. The molecule has 4 saturated carbocycles. The van der Waals surface area contributed by atoms with E-state index in [9.17, 15) is 24.0 Å². The Morgan fingerprint density at radius 1 is 0.969 bits per heavy atom. The highest BCUT2D eigenvalue weighted by molar-refractivity contribution is 5.93. The average molecular weight is 447 g/mol. The lowest BCUT2D eigenvalue weighted by Gasteiger charge is -2.60. The molecule has 0 aliphatic heterocycles. The van der Waals surface area contributed by atoms with Gasteiger partial charge in [-0.25, -0.2) is 0 Å². The third-order valence-corrected chi connectivity index (χ3v) is 9.48.